The Morgan fingerprint density at radius 1 is 1.00 bits per heavy atom. The standard InChI is InChI=1S/C27H35N3O4/c1-19-7-4-9-22(17-19)25(31)29-24(26(32)28-13-6-16-34-3)21-11-14-30(15-12-21)27(33)23-10-5-8-20(2)18-23/h4-5,7-10,17-18,21,24H,6,11-16H2,1-3H3,(H,28,32)(H,29,31). The topological polar surface area (TPSA) is 87.7 Å². The van der Waals surface area contributed by atoms with E-state index < -0.39 is 6.04 Å². The number of carbonyl (C=O) groups excluding carboxylic acids is 3. The number of likely N-dealkylation sites (tertiary alicyclic amines) is 1. The second kappa shape index (κ2) is 12.3. The van der Waals surface area contributed by atoms with Crippen LogP contribution in [0.1, 0.15) is 51.1 Å². The summed E-state index contributed by atoms with van der Waals surface area (Å²) in [6.07, 6.45) is 1.98. The highest BCUT2D eigenvalue weighted by molar-refractivity contribution is 5.98. The molecule has 34 heavy (non-hydrogen) atoms. The van der Waals surface area contributed by atoms with Gasteiger partial charge in [-0.3, -0.25) is 14.4 Å². The molecule has 1 aliphatic rings. The van der Waals surface area contributed by atoms with Crippen molar-refractivity contribution in [1.29, 1.82) is 0 Å². The van der Waals surface area contributed by atoms with Crippen LogP contribution >= 0.6 is 0 Å². The number of hydrogen-bond acceptors (Lipinski definition) is 4. The molecule has 2 aromatic carbocycles. The second-order valence-electron chi connectivity index (χ2n) is 8.96. The van der Waals surface area contributed by atoms with Crippen LogP contribution in [0.2, 0.25) is 0 Å². The zero-order chi connectivity index (χ0) is 24.5. The SMILES string of the molecule is COCCCNC(=O)C(NC(=O)c1cccc(C)c1)C1CCN(C(=O)c2cccc(C)c2)CC1. The van der Waals surface area contributed by atoms with E-state index in [0.29, 0.717) is 56.6 Å². The fourth-order valence-corrected chi connectivity index (χ4v) is 4.34. The van der Waals surface area contributed by atoms with Gasteiger partial charge in [0.1, 0.15) is 6.04 Å². The van der Waals surface area contributed by atoms with Crippen LogP contribution in [-0.4, -0.2) is 62.0 Å². The summed E-state index contributed by atoms with van der Waals surface area (Å²) >= 11 is 0. The first-order valence-corrected chi connectivity index (χ1v) is 11.9. The molecule has 1 saturated heterocycles. The molecule has 3 amide bonds. The Balaban J connectivity index is 1.67. The molecule has 182 valence electrons. The molecular weight excluding hydrogens is 430 g/mol. The van der Waals surface area contributed by atoms with Crippen molar-refractivity contribution >= 4 is 17.7 Å². The molecule has 7 nitrogen and oxygen atoms in total. The zero-order valence-corrected chi connectivity index (χ0v) is 20.3. The summed E-state index contributed by atoms with van der Waals surface area (Å²) in [5.74, 6) is -0.510. The Labute approximate surface area is 201 Å². The number of nitrogens with one attached hydrogen (secondary N) is 2. The molecule has 7 heteroatoms. The molecule has 3 rings (SSSR count). The van der Waals surface area contributed by atoms with Crippen LogP contribution in [0.15, 0.2) is 48.5 Å². The first-order chi connectivity index (χ1) is 16.4. The Morgan fingerprint density at radius 2 is 1.62 bits per heavy atom. The molecular formula is C27H35N3O4. The van der Waals surface area contributed by atoms with Crippen molar-refractivity contribution in [1.82, 2.24) is 15.5 Å². The molecule has 1 atom stereocenters. The number of hydrogen-bond donors (Lipinski definition) is 2. The maximum atomic E-state index is 13.1. The van der Waals surface area contributed by atoms with Crippen LogP contribution in [0.4, 0.5) is 0 Å². The summed E-state index contributed by atoms with van der Waals surface area (Å²) in [6, 6.07) is 14.2. The van der Waals surface area contributed by atoms with Gasteiger partial charge in [-0.1, -0.05) is 35.4 Å². The molecule has 0 spiro atoms. The quantitative estimate of drug-likeness (QED) is 0.557. The van der Waals surface area contributed by atoms with Crippen molar-refractivity contribution in [3.8, 4) is 0 Å². The molecule has 1 heterocycles. The van der Waals surface area contributed by atoms with Crippen molar-refractivity contribution < 1.29 is 19.1 Å². The first-order valence-electron chi connectivity index (χ1n) is 11.9. The Kier molecular flexibility index (Phi) is 9.22. The lowest BCUT2D eigenvalue weighted by atomic mass is 9.88. The van der Waals surface area contributed by atoms with E-state index in [1.807, 2.05) is 61.2 Å². The Hall–Kier alpha value is -3.19. The fourth-order valence-electron chi connectivity index (χ4n) is 4.34. The Morgan fingerprint density at radius 3 is 2.24 bits per heavy atom. The summed E-state index contributed by atoms with van der Waals surface area (Å²) in [7, 11) is 1.62. The lowest BCUT2D eigenvalue weighted by Gasteiger charge is -2.36. The van der Waals surface area contributed by atoms with Gasteiger partial charge in [0.25, 0.3) is 11.8 Å². The van der Waals surface area contributed by atoms with Crippen molar-refractivity contribution in [2.75, 3.05) is 33.4 Å². The number of carbonyl (C=O) groups is 3. The van der Waals surface area contributed by atoms with E-state index >= 15 is 0 Å². The zero-order valence-electron chi connectivity index (χ0n) is 20.3. The van der Waals surface area contributed by atoms with Crippen LogP contribution < -0.4 is 10.6 Å². The number of piperidine rings is 1. The summed E-state index contributed by atoms with van der Waals surface area (Å²) in [6.45, 7) is 6.03. The number of benzene rings is 2. The molecule has 1 unspecified atom stereocenters. The van der Waals surface area contributed by atoms with Crippen molar-refractivity contribution in [3.05, 3.63) is 70.8 Å². The molecule has 2 N–H and O–H groups in total. The average Bonchev–Trinajstić information content (AvgIpc) is 2.84. The minimum Gasteiger partial charge on any atom is -0.385 e. The molecule has 0 bridgehead atoms. The van der Waals surface area contributed by atoms with Crippen LogP contribution in [0, 0.1) is 19.8 Å². The molecule has 1 fully saturated rings. The van der Waals surface area contributed by atoms with Gasteiger partial charge in [-0.05, 0) is 63.3 Å². The summed E-state index contributed by atoms with van der Waals surface area (Å²) in [5.41, 5.74) is 3.24. The van der Waals surface area contributed by atoms with Crippen molar-refractivity contribution in [2.45, 2.75) is 39.2 Å². The number of nitrogens with zero attached hydrogens (tertiary/aromatic N) is 1. The van der Waals surface area contributed by atoms with Gasteiger partial charge >= 0.3 is 0 Å². The third-order valence-electron chi connectivity index (χ3n) is 6.24. The normalized spacial score (nSPS) is 15.0. The van der Waals surface area contributed by atoms with Crippen LogP contribution in [-0.2, 0) is 9.53 Å². The lowest BCUT2D eigenvalue weighted by Crippen LogP contribution is -2.54. The Bertz CT molecular complexity index is 999. The minimum absolute atomic E-state index is 0.00603. The highest BCUT2D eigenvalue weighted by Gasteiger charge is 2.34. The van der Waals surface area contributed by atoms with E-state index in [9.17, 15) is 14.4 Å². The highest BCUT2D eigenvalue weighted by atomic mass is 16.5. The van der Waals surface area contributed by atoms with Gasteiger partial charge in [-0.15, -0.1) is 0 Å². The van der Waals surface area contributed by atoms with Crippen LogP contribution in [0.25, 0.3) is 0 Å². The van der Waals surface area contributed by atoms with Gasteiger partial charge in [-0.2, -0.15) is 0 Å². The van der Waals surface area contributed by atoms with Gasteiger partial charge in [0.15, 0.2) is 0 Å². The van der Waals surface area contributed by atoms with E-state index in [-0.39, 0.29) is 23.6 Å². The first kappa shape index (κ1) is 25.4. The number of rotatable bonds is 9. The smallest absolute Gasteiger partial charge is 0.253 e. The predicted molar refractivity (Wildman–Crippen MR) is 132 cm³/mol. The summed E-state index contributed by atoms with van der Waals surface area (Å²) in [4.78, 5) is 40.8. The number of aryl methyl sites for hydroxylation is 2. The van der Waals surface area contributed by atoms with Crippen molar-refractivity contribution in [3.63, 3.8) is 0 Å². The van der Waals surface area contributed by atoms with Gasteiger partial charge in [0.05, 0.1) is 0 Å². The third-order valence-corrected chi connectivity index (χ3v) is 6.24. The summed E-state index contributed by atoms with van der Waals surface area (Å²) < 4.78 is 5.05. The molecule has 1 aliphatic heterocycles. The van der Waals surface area contributed by atoms with Crippen LogP contribution in [0.3, 0.4) is 0 Å². The highest BCUT2D eigenvalue weighted by Crippen LogP contribution is 2.23. The predicted octanol–water partition coefficient (Wildman–Crippen LogP) is 3.11. The van der Waals surface area contributed by atoms with Crippen LogP contribution in [0.5, 0.6) is 0 Å². The van der Waals surface area contributed by atoms with Gasteiger partial charge in [-0.25, -0.2) is 0 Å². The number of methoxy groups -OCH3 is 1. The number of amides is 3. The third kappa shape index (κ3) is 6.90. The average molecular weight is 466 g/mol. The molecule has 0 aliphatic carbocycles. The van der Waals surface area contributed by atoms with Gasteiger partial charge in [0.2, 0.25) is 5.91 Å². The number of ether oxygens (including phenoxy) is 1. The molecule has 0 radical (unpaired) electrons. The van der Waals surface area contributed by atoms with Gasteiger partial charge < -0.3 is 20.3 Å². The summed E-state index contributed by atoms with van der Waals surface area (Å²) in [5, 5.41) is 5.90. The van der Waals surface area contributed by atoms with Crippen molar-refractivity contribution in [2.24, 2.45) is 5.92 Å². The maximum absolute atomic E-state index is 13.1. The lowest BCUT2D eigenvalue weighted by molar-refractivity contribution is -0.124. The minimum atomic E-state index is -0.660. The molecule has 0 aromatic heterocycles. The second-order valence-corrected chi connectivity index (χ2v) is 8.96. The van der Waals surface area contributed by atoms with E-state index in [0.717, 1.165) is 11.1 Å². The molecule has 2 aromatic rings. The van der Waals surface area contributed by atoms with E-state index in [4.69, 9.17) is 4.74 Å². The van der Waals surface area contributed by atoms with E-state index in [1.54, 1.807) is 13.2 Å². The monoisotopic (exact) mass is 465 g/mol. The van der Waals surface area contributed by atoms with E-state index in [1.165, 1.54) is 0 Å². The van der Waals surface area contributed by atoms with E-state index in [2.05, 4.69) is 10.6 Å². The largest absolute Gasteiger partial charge is 0.385 e. The fraction of sp³-hybridized carbons (Fsp3) is 0.444. The van der Waals surface area contributed by atoms with Gasteiger partial charge in [0, 0.05) is 44.5 Å². The molecule has 0 saturated carbocycles. The maximum Gasteiger partial charge on any atom is 0.253 e.